The quantitative estimate of drug-likeness (QED) is 0.773. The van der Waals surface area contributed by atoms with E-state index in [-0.39, 0.29) is 0 Å². The van der Waals surface area contributed by atoms with Crippen molar-refractivity contribution in [3.8, 4) is 0 Å². The van der Waals surface area contributed by atoms with E-state index in [0.29, 0.717) is 12.5 Å². The Hall–Kier alpha value is -0.650. The predicted molar refractivity (Wildman–Crippen MR) is 86.4 cm³/mol. The van der Waals surface area contributed by atoms with Crippen LogP contribution in [0.2, 0.25) is 0 Å². The van der Waals surface area contributed by atoms with Gasteiger partial charge in [0.15, 0.2) is 0 Å². The minimum absolute atomic E-state index is 0.325. The van der Waals surface area contributed by atoms with Gasteiger partial charge < -0.3 is 15.1 Å². The van der Waals surface area contributed by atoms with Crippen LogP contribution in [0.25, 0.3) is 0 Å². The summed E-state index contributed by atoms with van der Waals surface area (Å²) in [5.74, 6) is 1.09. The van der Waals surface area contributed by atoms with Crippen LogP contribution < -0.4 is 5.32 Å². The van der Waals surface area contributed by atoms with Gasteiger partial charge in [-0.1, -0.05) is 6.92 Å². The maximum atomic E-state index is 12.5. The van der Waals surface area contributed by atoms with Gasteiger partial charge in [-0.25, -0.2) is 0 Å². The van der Waals surface area contributed by atoms with Crippen molar-refractivity contribution in [1.29, 1.82) is 0 Å². The van der Waals surface area contributed by atoms with Gasteiger partial charge >= 0.3 is 0 Å². The number of amides is 1. The summed E-state index contributed by atoms with van der Waals surface area (Å²) in [5.41, 5.74) is 0. The van der Waals surface area contributed by atoms with Crippen molar-refractivity contribution in [1.82, 2.24) is 20.0 Å². The van der Waals surface area contributed by atoms with Crippen LogP contribution >= 0.6 is 0 Å². The van der Waals surface area contributed by atoms with E-state index >= 15 is 0 Å². The number of carbonyl (C=O) groups excluding carboxylic acids is 1. The molecular formula is C16H32N4O. The molecule has 5 nitrogen and oxygen atoms in total. The first-order valence-electron chi connectivity index (χ1n) is 8.58. The SMILES string of the molecule is CCCN(CC(=O)N1CCN(C)CC1)CC1CCNCC1. The lowest BCUT2D eigenvalue weighted by molar-refractivity contribution is -0.134. The average Bonchev–Trinajstić information content (AvgIpc) is 2.49. The topological polar surface area (TPSA) is 38.8 Å². The Morgan fingerprint density at radius 2 is 1.86 bits per heavy atom. The van der Waals surface area contributed by atoms with Crippen molar-refractivity contribution in [3.63, 3.8) is 0 Å². The lowest BCUT2D eigenvalue weighted by atomic mass is 9.97. The van der Waals surface area contributed by atoms with Gasteiger partial charge in [-0.15, -0.1) is 0 Å². The fraction of sp³-hybridized carbons (Fsp3) is 0.938. The highest BCUT2D eigenvalue weighted by molar-refractivity contribution is 5.78. The van der Waals surface area contributed by atoms with Gasteiger partial charge in [0.05, 0.1) is 6.54 Å². The fourth-order valence-corrected chi connectivity index (χ4v) is 3.33. The molecule has 0 unspecified atom stereocenters. The smallest absolute Gasteiger partial charge is 0.236 e. The van der Waals surface area contributed by atoms with Crippen LogP contribution in [0.4, 0.5) is 0 Å². The average molecular weight is 296 g/mol. The highest BCUT2D eigenvalue weighted by atomic mass is 16.2. The van der Waals surface area contributed by atoms with E-state index in [4.69, 9.17) is 0 Å². The maximum Gasteiger partial charge on any atom is 0.236 e. The Balaban J connectivity index is 1.79. The second kappa shape index (κ2) is 8.71. The standard InChI is InChI=1S/C16H32N4O/c1-3-8-19(13-15-4-6-17-7-5-15)14-16(21)20-11-9-18(2)10-12-20/h15,17H,3-14H2,1-2H3. The van der Waals surface area contributed by atoms with E-state index in [2.05, 4.69) is 29.1 Å². The number of piperazine rings is 1. The van der Waals surface area contributed by atoms with Crippen LogP contribution in [-0.4, -0.2) is 86.6 Å². The molecular weight excluding hydrogens is 264 g/mol. The molecule has 0 saturated carbocycles. The Bertz CT molecular complexity index is 309. The molecule has 1 N–H and O–H groups in total. The first-order valence-corrected chi connectivity index (χ1v) is 8.58. The number of hydrogen-bond acceptors (Lipinski definition) is 4. The van der Waals surface area contributed by atoms with Crippen molar-refractivity contribution in [3.05, 3.63) is 0 Å². The van der Waals surface area contributed by atoms with Crippen LogP contribution in [0.1, 0.15) is 26.2 Å². The molecule has 0 spiro atoms. The molecule has 2 heterocycles. The molecule has 0 aliphatic carbocycles. The number of piperidine rings is 1. The summed E-state index contributed by atoms with van der Waals surface area (Å²) >= 11 is 0. The van der Waals surface area contributed by atoms with E-state index in [0.717, 1.165) is 64.7 Å². The Labute approximate surface area is 129 Å². The van der Waals surface area contributed by atoms with E-state index in [1.54, 1.807) is 0 Å². The van der Waals surface area contributed by atoms with Gasteiger partial charge in [-0.05, 0) is 51.9 Å². The number of rotatable bonds is 6. The normalized spacial score (nSPS) is 22.0. The third-order valence-electron chi connectivity index (χ3n) is 4.73. The summed E-state index contributed by atoms with van der Waals surface area (Å²) in [6, 6.07) is 0. The number of hydrogen-bond donors (Lipinski definition) is 1. The molecule has 0 bridgehead atoms. The van der Waals surface area contributed by atoms with Crippen LogP contribution in [0.15, 0.2) is 0 Å². The third-order valence-corrected chi connectivity index (χ3v) is 4.73. The number of carbonyl (C=O) groups is 1. The molecule has 0 aromatic rings. The first-order chi connectivity index (χ1) is 10.2. The largest absolute Gasteiger partial charge is 0.339 e. The Kier molecular flexibility index (Phi) is 6.93. The van der Waals surface area contributed by atoms with Crippen molar-refractivity contribution in [2.45, 2.75) is 26.2 Å². The molecule has 1 amide bonds. The Morgan fingerprint density at radius 1 is 1.19 bits per heavy atom. The molecule has 2 saturated heterocycles. The second-order valence-corrected chi connectivity index (χ2v) is 6.61. The summed E-state index contributed by atoms with van der Waals surface area (Å²) in [7, 11) is 2.13. The maximum absolute atomic E-state index is 12.5. The van der Waals surface area contributed by atoms with Gasteiger partial charge in [-0.3, -0.25) is 9.69 Å². The monoisotopic (exact) mass is 296 g/mol. The van der Waals surface area contributed by atoms with Crippen LogP contribution in [0.5, 0.6) is 0 Å². The zero-order valence-corrected chi connectivity index (χ0v) is 13.8. The van der Waals surface area contributed by atoms with E-state index in [1.807, 2.05) is 4.90 Å². The molecule has 0 radical (unpaired) electrons. The fourth-order valence-electron chi connectivity index (χ4n) is 3.33. The molecule has 21 heavy (non-hydrogen) atoms. The minimum atomic E-state index is 0.325. The first kappa shape index (κ1) is 16.7. The molecule has 0 aromatic heterocycles. The lowest BCUT2D eigenvalue weighted by Gasteiger charge is -2.35. The van der Waals surface area contributed by atoms with Crippen LogP contribution in [0, 0.1) is 5.92 Å². The minimum Gasteiger partial charge on any atom is -0.339 e. The highest BCUT2D eigenvalue weighted by Gasteiger charge is 2.23. The molecule has 2 aliphatic rings. The zero-order chi connectivity index (χ0) is 15.1. The third kappa shape index (κ3) is 5.57. The molecule has 2 fully saturated rings. The van der Waals surface area contributed by atoms with E-state index in [1.165, 1.54) is 12.8 Å². The van der Waals surface area contributed by atoms with Gasteiger partial charge in [0.25, 0.3) is 0 Å². The second-order valence-electron chi connectivity index (χ2n) is 6.61. The predicted octanol–water partition coefficient (Wildman–Crippen LogP) is 0.472. The molecule has 0 atom stereocenters. The van der Waals surface area contributed by atoms with Crippen molar-refractivity contribution in [2.24, 2.45) is 5.92 Å². The Morgan fingerprint density at radius 3 is 2.48 bits per heavy atom. The van der Waals surface area contributed by atoms with Crippen molar-refractivity contribution in [2.75, 3.05) is 66.0 Å². The van der Waals surface area contributed by atoms with Gasteiger partial charge in [0.1, 0.15) is 0 Å². The van der Waals surface area contributed by atoms with Gasteiger partial charge in [-0.2, -0.15) is 0 Å². The number of nitrogens with zero attached hydrogens (tertiary/aromatic N) is 3. The van der Waals surface area contributed by atoms with Crippen LogP contribution in [0.3, 0.4) is 0 Å². The van der Waals surface area contributed by atoms with Crippen molar-refractivity contribution < 1.29 is 4.79 Å². The van der Waals surface area contributed by atoms with Gasteiger partial charge in [0, 0.05) is 32.7 Å². The molecule has 5 heteroatoms. The summed E-state index contributed by atoms with van der Waals surface area (Å²) in [4.78, 5) is 19.2. The molecule has 122 valence electrons. The highest BCUT2D eigenvalue weighted by Crippen LogP contribution is 2.14. The van der Waals surface area contributed by atoms with Crippen molar-refractivity contribution >= 4 is 5.91 Å². The summed E-state index contributed by atoms with van der Waals surface area (Å²) in [6.07, 6.45) is 3.63. The van der Waals surface area contributed by atoms with Crippen LogP contribution in [-0.2, 0) is 4.79 Å². The van der Waals surface area contributed by atoms with Gasteiger partial charge in [0.2, 0.25) is 5.91 Å². The van der Waals surface area contributed by atoms with E-state index < -0.39 is 0 Å². The summed E-state index contributed by atoms with van der Waals surface area (Å²) in [6.45, 7) is 11.0. The summed E-state index contributed by atoms with van der Waals surface area (Å²) in [5, 5.41) is 3.42. The van der Waals surface area contributed by atoms with E-state index in [9.17, 15) is 4.79 Å². The number of nitrogens with one attached hydrogen (secondary N) is 1. The molecule has 2 rings (SSSR count). The molecule has 2 aliphatic heterocycles. The molecule has 0 aromatic carbocycles. The summed E-state index contributed by atoms with van der Waals surface area (Å²) < 4.78 is 0. The number of likely N-dealkylation sites (N-methyl/N-ethyl adjacent to an activating group) is 1. The lowest BCUT2D eigenvalue weighted by Crippen LogP contribution is -2.50. The zero-order valence-electron chi connectivity index (χ0n) is 13.8.